The van der Waals surface area contributed by atoms with Crippen molar-refractivity contribution in [3.8, 4) is 0 Å². The van der Waals surface area contributed by atoms with Crippen LogP contribution in [-0.2, 0) is 21.4 Å². The molecule has 0 bridgehead atoms. The number of benzene rings is 1. The van der Waals surface area contributed by atoms with Gasteiger partial charge in [-0.25, -0.2) is 8.42 Å². The van der Waals surface area contributed by atoms with Gasteiger partial charge in [0, 0.05) is 49.2 Å². The van der Waals surface area contributed by atoms with Gasteiger partial charge in [0.05, 0.1) is 17.7 Å². The highest BCUT2D eigenvalue weighted by Gasteiger charge is 2.29. The maximum atomic E-state index is 12.9. The zero-order chi connectivity index (χ0) is 25.2. The summed E-state index contributed by atoms with van der Waals surface area (Å²) in [6.07, 6.45) is 4.98. The maximum absolute atomic E-state index is 12.9. The van der Waals surface area contributed by atoms with E-state index >= 15 is 0 Å². The lowest BCUT2D eigenvalue weighted by molar-refractivity contribution is -0.127. The van der Waals surface area contributed by atoms with E-state index in [0.717, 1.165) is 22.7 Å². The van der Waals surface area contributed by atoms with E-state index in [-0.39, 0.29) is 29.5 Å². The highest BCUT2D eigenvalue weighted by atomic mass is 32.2. The number of nitrogens with zero attached hydrogens (tertiary/aromatic N) is 3. The third kappa shape index (κ3) is 5.23. The van der Waals surface area contributed by atoms with Crippen LogP contribution in [-0.4, -0.2) is 60.2 Å². The number of piperazine rings is 1. The average molecular weight is 497 g/mol. The van der Waals surface area contributed by atoms with Crippen LogP contribution in [0.5, 0.6) is 0 Å². The summed E-state index contributed by atoms with van der Waals surface area (Å²) in [7, 11) is -3.72. The Labute approximate surface area is 204 Å². The van der Waals surface area contributed by atoms with Gasteiger partial charge in [0.25, 0.3) is 0 Å². The molecule has 2 amide bonds. The number of sulfonamides is 1. The van der Waals surface area contributed by atoms with Gasteiger partial charge >= 0.3 is 0 Å². The molecule has 0 saturated carbocycles. The number of aryl methyl sites for hydroxylation is 1. The summed E-state index contributed by atoms with van der Waals surface area (Å²) >= 11 is 0. The minimum atomic E-state index is -3.72. The number of furan rings is 1. The zero-order valence-electron chi connectivity index (χ0n) is 19.7. The van der Waals surface area contributed by atoms with Gasteiger partial charge in [0.15, 0.2) is 0 Å². The number of hydrogen-bond acceptors (Lipinski definition) is 5. The van der Waals surface area contributed by atoms with E-state index in [9.17, 15) is 18.0 Å². The predicted octanol–water partition coefficient (Wildman–Crippen LogP) is 2.39. The largest absolute Gasteiger partial charge is 0.467 e. The van der Waals surface area contributed by atoms with Gasteiger partial charge in [-0.3, -0.25) is 9.59 Å². The predicted molar refractivity (Wildman–Crippen MR) is 131 cm³/mol. The van der Waals surface area contributed by atoms with Crippen LogP contribution in [0.3, 0.4) is 0 Å². The van der Waals surface area contributed by atoms with E-state index in [1.807, 2.05) is 32.0 Å². The molecule has 0 aliphatic carbocycles. The SMILES string of the molecule is Cc1cc(/C=C/C(=O)N2CCN(S(=O)(=O)c3ccc(C(N)=O)cc3)CC2)c(C)n1Cc1ccco1. The van der Waals surface area contributed by atoms with Crippen molar-refractivity contribution < 1.29 is 22.4 Å². The Morgan fingerprint density at radius 3 is 2.34 bits per heavy atom. The number of amides is 2. The molecule has 2 aromatic heterocycles. The Kier molecular flexibility index (Phi) is 6.95. The molecule has 4 rings (SSSR count). The highest BCUT2D eigenvalue weighted by molar-refractivity contribution is 7.89. The van der Waals surface area contributed by atoms with Gasteiger partial charge < -0.3 is 19.6 Å². The highest BCUT2D eigenvalue weighted by Crippen LogP contribution is 2.20. The summed E-state index contributed by atoms with van der Waals surface area (Å²) in [6.45, 7) is 5.59. The van der Waals surface area contributed by atoms with Gasteiger partial charge in [-0.2, -0.15) is 4.31 Å². The monoisotopic (exact) mass is 496 g/mol. The molecule has 184 valence electrons. The number of rotatable bonds is 7. The molecule has 0 radical (unpaired) electrons. The Morgan fingerprint density at radius 1 is 1.06 bits per heavy atom. The Balaban J connectivity index is 1.37. The summed E-state index contributed by atoms with van der Waals surface area (Å²) in [4.78, 5) is 25.7. The molecule has 1 saturated heterocycles. The number of hydrogen-bond donors (Lipinski definition) is 1. The van der Waals surface area contributed by atoms with Gasteiger partial charge in [-0.05, 0) is 68.0 Å². The fraction of sp³-hybridized carbons (Fsp3) is 0.280. The topological polar surface area (TPSA) is 119 Å². The molecular formula is C25H28N4O5S. The first-order valence-electron chi connectivity index (χ1n) is 11.2. The van der Waals surface area contributed by atoms with Crippen LogP contribution < -0.4 is 5.73 Å². The lowest BCUT2D eigenvalue weighted by Crippen LogP contribution is -2.50. The van der Waals surface area contributed by atoms with Crippen molar-refractivity contribution in [2.45, 2.75) is 25.3 Å². The van der Waals surface area contributed by atoms with Crippen molar-refractivity contribution in [3.05, 3.63) is 83.1 Å². The summed E-state index contributed by atoms with van der Waals surface area (Å²) in [5, 5.41) is 0. The fourth-order valence-corrected chi connectivity index (χ4v) is 5.58. The molecule has 0 unspecified atom stereocenters. The molecule has 1 aromatic carbocycles. The first-order chi connectivity index (χ1) is 16.7. The first kappa shape index (κ1) is 24.5. The van der Waals surface area contributed by atoms with Crippen LogP contribution >= 0.6 is 0 Å². The lowest BCUT2D eigenvalue weighted by atomic mass is 10.2. The Hall–Kier alpha value is -3.63. The minimum Gasteiger partial charge on any atom is -0.467 e. The second-order valence-corrected chi connectivity index (χ2v) is 10.4. The van der Waals surface area contributed by atoms with Gasteiger partial charge in [-0.1, -0.05) is 0 Å². The zero-order valence-corrected chi connectivity index (χ0v) is 20.5. The van der Waals surface area contributed by atoms with Crippen molar-refractivity contribution in [2.24, 2.45) is 5.73 Å². The minimum absolute atomic E-state index is 0.0899. The van der Waals surface area contributed by atoms with Gasteiger partial charge in [0.2, 0.25) is 21.8 Å². The van der Waals surface area contributed by atoms with Crippen LogP contribution in [0, 0.1) is 13.8 Å². The number of aromatic nitrogens is 1. The summed E-state index contributed by atoms with van der Waals surface area (Å²) in [5.74, 6) is 0.0762. The van der Waals surface area contributed by atoms with Crippen molar-refractivity contribution in [3.63, 3.8) is 0 Å². The smallest absolute Gasteiger partial charge is 0.248 e. The number of carbonyl (C=O) groups excluding carboxylic acids is 2. The summed E-state index contributed by atoms with van der Waals surface area (Å²) < 4.78 is 34.8. The first-order valence-corrected chi connectivity index (χ1v) is 12.7. The van der Waals surface area contributed by atoms with Gasteiger partial charge in [-0.15, -0.1) is 0 Å². The molecule has 9 nitrogen and oxygen atoms in total. The maximum Gasteiger partial charge on any atom is 0.248 e. The van der Waals surface area contributed by atoms with E-state index in [1.165, 1.54) is 34.6 Å². The quantitative estimate of drug-likeness (QED) is 0.504. The molecule has 1 aliphatic rings. The molecule has 2 N–H and O–H groups in total. The lowest BCUT2D eigenvalue weighted by Gasteiger charge is -2.33. The molecule has 3 heterocycles. The van der Waals surface area contributed by atoms with Crippen LogP contribution in [0.4, 0.5) is 0 Å². The fourth-order valence-electron chi connectivity index (χ4n) is 4.15. The van der Waals surface area contributed by atoms with Crippen molar-refractivity contribution in [2.75, 3.05) is 26.2 Å². The molecule has 1 fully saturated rings. The third-order valence-corrected chi connectivity index (χ3v) is 8.15. The van der Waals surface area contributed by atoms with Crippen molar-refractivity contribution in [1.82, 2.24) is 13.8 Å². The number of carbonyl (C=O) groups is 2. The molecule has 0 atom stereocenters. The molecule has 1 aliphatic heterocycles. The molecular weight excluding hydrogens is 468 g/mol. The van der Waals surface area contributed by atoms with Crippen LogP contribution in [0.15, 0.2) is 64.1 Å². The van der Waals surface area contributed by atoms with E-state index in [0.29, 0.717) is 19.6 Å². The van der Waals surface area contributed by atoms with E-state index in [2.05, 4.69) is 4.57 Å². The number of nitrogens with two attached hydrogens (primary N) is 1. The number of primary amides is 1. The van der Waals surface area contributed by atoms with Crippen molar-refractivity contribution >= 4 is 27.9 Å². The molecule has 35 heavy (non-hydrogen) atoms. The van der Waals surface area contributed by atoms with Crippen molar-refractivity contribution in [1.29, 1.82) is 0 Å². The second kappa shape index (κ2) is 9.93. The summed E-state index contributed by atoms with van der Waals surface area (Å²) in [6, 6.07) is 11.3. The van der Waals surface area contributed by atoms with E-state index < -0.39 is 15.9 Å². The summed E-state index contributed by atoms with van der Waals surface area (Å²) in [5.41, 5.74) is 8.50. The normalized spacial score (nSPS) is 15.1. The second-order valence-electron chi connectivity index (χ2n) is 8.44. The van der Waals surface area contributed by atoms with Crippen LogP contribution in [0.25, 0.3) is 6.08 Å². The molecule has 3 aromatic rings. The molecule has 0 spiro atoms. The Morgan fingerprint density at radius 2 is 1.74 bits per heavy atom. The van der Waals surface area contributed by atoms with Crippen LogP contribution in [0.2, 0.25) is 0 Å². The van der Waals surface area contributed by atoms with Crippen LogP contribution in [0.1, 0.15) is 33.1 Å². The van der Waals surface area contributed by atoms with E-state index in [4.69, 9.17) is 10.2 Å². The van der Waals surface area contributed by atoms with E-state index in [1.54, 1.807) is 17.2 Å². The molecule has 10 heteroatoms. The Bertz CT molecular complexity index is 1350. The average Bonchev–Trinajstić information content (AvgIpc) is 3.46. The third-order valence-electron chi connectivity index (χ3n) is 6.24. The van der Waals surface area contributed by atoms with Gasteiger partial charge in [0.1, 0.15) is 5.76 Å². The standard InChI is InChI=1S/C25H28N4O5S/c1-18-16-21(19(2)29(18)17-22-4-3-15-34-22)7-10-24(30)27-11-13-28(14-12-27)35(32,33)23-8-5-20(6-9-23)25(26)31/h3-10,15-16H,11-14,17H2,1-2H3,(H2,26,31)/b10-7+.